The van der Waals surface area contributed by atoms with Gasteiger partial charge in [0.05, 0.1) is 11.3 Å². The third kappa shape index (κ3) is 4.20. The molecule has 0 saturated heterocycles. The van der Waals surface area contributed by atoms with Crippen LogP contribution in [0.4, 0.5) is 11.4 Å². The van der Waals surface area contributed by atoms with E-state index in [9.17, 15) is 9.59 Å². The minimum atomic E-state index is -0.306. The Hall–Kier alpha value is -4.40. The average Bonchev–Trinajstić information content (AvgIpc) is 3.30. The van der Waals surface area contributed by atoms with Crippen LogP contribution >= 0.6 is 0 Å². The number of carbonyl (C=O) groups excluding carboxylic acids is 2. The number of rotatable bonds is 5. The van der Waals surface area contributed by atoms with Gasteiger partial charge in [-0.1, -0.05) is 12.1 Å². The van der Waals surface area contributed by atoms with Crippen LogP contribution in [0.1, 0.15) is 26.3 Å². The van der Waals surface area contributed by atoms with Gasteiger partial charge < -0.3 is 10.6 Å². The van der Waals surface area contributed by atoms with Gasteiger partial charge in [0, 0.05) is 29.3 Å². The Bertz CT molecular complexity index is 1190. The highest BCUT2D eigenvalue weighted by molar-refractivity contribution is 6.07. The lowest BCUT2D eigenvalue weighted by atomic mass is 10.1. The molecule has 4 aromatic rings. The molecule has 4 rings (SSSR count). The van der Waals surface area contributed by atoms with E-state index in [1.807, 2.05) is 13.0 Å². The second kappa shape index (κ2) is 8.31. The monoisotopic (exact) mass is 399 g/mol. The molecule has 2 heterocycles. The summed E-state index contributed by atoms with van der Waals surface area (Å²) in [6, 6.07) is 15.5. The van der Waals surface area contributed by atoms with Crippen molar-refractivity contribution in [1.29, 1.82) is 0 Å². The maximum absolute atomic E-state index is 12.7. The van der Waals surface area contributed by atoms with Gasteiger partial charge in [-0.2, -0.15) is 0 Å². The summed E-state index contributed by atoms with van der Waals surface area (Å²) in [6.07, 6.45) is 4.56. The lowest BCUT2D eigenvalue weighted by Gasteiger charge is -2.11. The standard InChI is InChI=1S/C21H17N7O2/c1-14-7-8-18(11-19(14)28-13-23-26-27-28)25-20(29)15-4-2-6-17(10-15)24-21(30)16-5-3-9-22-12-16/h2-13H,1H3,(H,24,30)(H,25,29). The fourth-order valence-corrected chi connectivity index (χ4v) is 2.85. The topological polar surface area (TPSA) is 115 Å². The first kappa shape index (κ1) is 18.9. The number of nitrogens with one attached hydrogen (secondary N) is 2. The third-order valence-electron chi connectivity index (χ3n) is 4.37. The third-order valence-corrected chi connectivity index (χ3v) is 4.37. The van der Waals surface area contributed by atoms with Gasteiger partial charge in [0.1, 0.15) is 6.33 Å². The Morgan fingerprint density at radius 1 is 0.900 bits per heavy atom. The van der Waals surface area contributed by atoms with E-state index in [2.05, 4.69) is 31.1 Å². The van der Waals surface area contributed by atoms with Gasteiger partial charge in [-0.25, -0.2) is 4.68 Å². The summed E-state index contributed by atoms with van der Waals surface area (Å²) in [6.45, 7) is 1.93. The predicted octanol–water partition coefficient (Wildman–Crippen LogP) is 2.87. The first-order valence-corrected chi connectivity index (χ1v) is 9.07. The highest BCUT2D eigenvalue weighted by Crippen LogP contribution is 2.20. The maximum Gasteiger partial charge on any atom is 0.257 e. The molecule has 0 fully saturated rings. The molecule has 2 amide bonds. The van der Waals surface area contributed by atoms with Crippen LogP contribution in [0.5, 0.6) is 0 Å². The van der Waals surface area contributed by atoms with Crippen molar-refractivity contribution in [2.24, 2.45) is 0 Å². The van der Waals surface area contributed by atoms with Gasteiger partial charge in [0.25, 0.3) is 11.8 Å². The van der Waals surface area contributed by atoms with Crippen LogP contribution in [0.3, 0.4) is 0 Å². The number of aromatic nitrogens is 5. The predicted molar refractivity (Wildman–Crippen MR) is 110 cm³/mol. The Morgan fingerprint density at radius 2 is 1.67 bits per heavy atom. The normalized spacial score (nSPS) is 10.4. The summed E-state index contributed by atoms with van der Waals surface area (Å²) in [5.41, 5.74) is 3.66. The zero-order valence-electron chi connectivity index (χ0n) is 16.0. The molecule has 148 valence electrons. The van der Waals surface area contributed by atoms with Crippen LogP contribution in [0.25, 0.3) is 5.69 Å². The fourth-order valence-electron chi connectivity index (χ4n) is 2.85. The molecule has 0 bridgehead atoms. The minimum absolute atomic E-state index is 0.301. The molecule has 2 aromatic heterocycles. The van der Waals surface area contributed by atoms with Crippen LogP contribution < -0.4 is 10.6 Å². The second-order valence-electron chi connectivity index (χ2n) is 6.49. The van der Waals surface area contributed by atoms with Crippen molar-refractivity contribution >= 4 is 23.2 Å². The van der Waals surface area contributed by atoms with E-state index in [-0.39, 0.29) is 11.8 Å². The molecule has 0 aliphatic rings. The van der Waals surface area contributed by atoms with Crippen LogP contribution in [-0.4, -0.2) is 37.0 Å². The summed E-state index contributed by atoms with van der Waals surface area (Å²) in [7, 11) is 0. The number of pyridine rings is 1. The van der Waals surface area contributed by atoms with E-state index in [1.54, 1.807) is 54.7 Å². The van der Waals surface area contributed by atoms with Crippen molar-refractivity contribution in [3.8, 4) is 5.69 Å². The van der Waals surface area contributed by atoms with Crippen molar-refractivity contribution in [2.75, 3.05) is 10.6 Å². The Kier molecular flexibility index (Phi) is 5.25. The quantitative estimate of drug-likeness (QED) is 0.533. The fraction of sp³-hybridized carbons (Fsp3) is 0.0476. The van der Waals surface area contributed by atoms with Crippen molar-refractivity contribution in [2.45, 2.75) is 6.92 Å². The van der Waals surface area contributed by atoms with Crippen molar-refractivity contribution in [3.05, 3.63) is 90.0 Å². The lowest BCUT2D eigenvalue weighted by Crippen LogP contribution is -2.15. The van der Waals surface area contributed by atoms with Gasteiger partial charge in [-0.15, -0.1) is 5.10 Å². The zero-order chi connectivity index (χ0) is 20.9. The van der Waals surface area contributed by atoms with Gasteiger partial charge in [-0.3, -0.25) is 14.6 Å². The number of tetrazole rings is 1. The number of carbonyl (C=O) groups is 2. The molecule has 0 aliphatic carbocycles. The molecule has 2 N–H and O–H groups in total. The maximum atomic E-state index is 12.7. The molecule has 0 unspecified atom stereocenters. The van der Waals surface area contributed by atoms with Gasteiger partial charge in [0.15, 0.2) is 0 Å². The van der Waals surface area contributed by atoms with Gasteiger partial charge >= 0.3 is 0 Å². The van der Waals surface area contributed by atoms with Crippen molar-refractivity contribution < 1.29 is 9.59 Å². The molecule has 2 aromatic carbocycles. The van der Waals surface area contributed by atoms with E-state index in [0.29, 0.717) is 22.5 Å². The van der Waals surface area contributed by atoms with Crippen LogP contribution in [-0.2, 0) is 0 Å². The second-order valence-corrected chi connectivity index (χ2v) is 6.49. The summed E-state index contributed by atoms with van der Waals surface area (Å²) < 4.78 is 1.53. The largest absolute Gasteiger partial charge is 0.322 e. The number of aryl methyl sites for hydroxylation is 1. The molecular weight excluding hydrogens is 382 g/mol. The van der Waals surface area contributed by atoms with E-state index in [1.165, 1.54) is 17.2 Å². The van der Waals surface area contributed by atoms with E-state index in [0.717, 1.165) is 11.3 Å². The number of amides is 2. The first-order valence-electron chi connectivity index (χ1n) is 9.07. The van der Waals surface area contributed by atoms with Crippen LogP contribution in [0.2, 0.25) is 0 Å². The molecule has 9 nitrogen and oxygen atoms in total. The van der Waals surface area contributed by atoms with E-state index < -0.39 is 0 Å². The number of hydrogen-bond acceptors (Lipinski definition) is 6. The van der Waals surface area contributed by atoms with Gasteiger partial charge in [-0.05, 0) is 65.4 Å². The highest BCUT2D eigenvalue weighted by Gasteiger charge is 2.11. The number of nitrogens with zero attached hydrogens (tertiary/aromatic N) is 5. The first-order chi connectivity index (χ1) is 14.6. The van der Waals surface area contributed by atoms with Gasteiger partial charge in [0.2, 0.25) is 0 Å². The highest BCUT2D eigenvalue weighted by atomic mass is 16.2. The molecule has 0 saturated carbocycles. The van der Waals surface area contributed by atoms with E-state index in [4.69, 9.17) is 0 Å². The van der Waals surface area contributed by atoms with E-state index >= 15 is 0 Å². The Labute approximate surface area is 171 Å². The number of benzene rings is 2. The smallest absolute Gasteiger partial charge is 0.257 e. The summed E-state index contributed by atoms with van der Waals surface area (Å²) >= 11 is 0. The molecule has 30 heavy (non-hydrogen) atoms. The minimum Gasteiger partial charge on any atom is -0.322 e. The molecule has 0 radical (unpaired) electrons. The Morgan fingerprint density at radius 3 is 2.40 bits per heavy atom. The van der Waals surface area contributed by atoms with Crippen LogP contribution in [0.15, 0.2) is 73.3 Å². The number of hydrogen-bond donors (Lipinski definition) is 2. The van der Waals surface area contributed by atoms with Crippen LogP contribution in [0, 0.1) is 6.92 Å². The molecule has 0 aliphatic heterocycles. The zero-order valence-corrected chi connectivity index (χ0v) is 16.0. The Balaban J connectivity index is 1.50. The summed E-state index contributed by atoms with van der Waals surface area (Å²) in [4.78, 5) is 29.0. The molecule has 0 atom stereocenters. The number of anilines is 2. The molecule has 0 spiro atoms. The molecular formula is C21H17N7O2. The van der Waals surface area contributed by atoms with Crippen molar-refractivity contribution in [1.82, 2.24) is 25.2 Å². The summed E-state index contributed by atoms with van der Waals surface area (Å²) in [5, 5.41) is 16.8. The lowest BCUT2D eigenvalue weighted by molar-refractivity contribution is 0.101. The SMILES string of the molecule is Cc1ccc(NC(=O)c2cccc(NC(=O)c3cccnc3)c2)cc1-n1cnnn1. The summed E-state index contributed by atoms with van der Waals surface area (Å²) in [5.74, 6) is -0.607. The molecule has 9 heteroatoms. The van der Waals surface area contributed by atoms with Crippen molar-refractivity contribution in [3.63, 3.8) is 0 Å². The average molecular weight is 399 g/mol.